The van der Waals surface area contributed by atoms with E-state index in [9.17, 15) is 4.79 Å². The fraction of sp³-hybridized carbons (Fsp3) is 0.923. The average Bonchev–Trinajstić information content (AvgIpc) is 3.13. The van der Waals surface area contributed by atoms with E-state index in [0.717, 1.165) is 19.0 Å². The number of piperidine rings is 1. The SMILES string of the molecule is CN1CCCCC1CNCC(=O)NCC1CC1. The highest BCUT2D eigenvalue weighted by molar-refractivity contribution is 5.77. The number of hydrogen-bond donors (Lipinski definition) is 2. The van der Waals surface area contributed by atoms with E-state index >= 15 is 0 Å². The highest BCUT2D eigenvalue weighted by Gasteiger charge is 2.22. The summed E-state index contributed by atoms with van der Waals surface area (Å²) in [7, 11) is 2.18. The number of amides is 1. The number of likely N-dealkylation sites (tertiary alicyclic amines) is 1. The van der Waals surface area contributed by atoms with E-state index in [1.165, 1.54) is 38.6 Å². The third-order valence-electron chi connectivity index (χ3n) is 3.87. The summed E-state index contributed by atoms with van der Waals surface area (Å²) >= 11 is 0. The molecule has 1 heterocycles. The summed E-state index contributed by atoms with van der Waals surface area (Å²) in [6.45, 7) is 3.48. The van der Waals surface area contributed by atoms with Crippen LogP contribution in [0.4, 0.5) is 0 Å². The van der Waals surface area contributed by atoms with E-state index in [1.54, 1.807) is 0 Å². The molecule has 2 aliphatic rings. The first-order valence-corrected chi connectivity index (χ1v) is 6.93. The quantitative estimate of drug-likeness (QED) is 0.713. The molecule has 1 aliphatic heterocycles. The minimum Gasteiger partial charge on any atom is -0.355 e. The molecule has 0 aromatic heterocycles. The fourth-order valence-electron chi connectivity index (χ4n) is 2.40. The van der Waals surface area contributed by atoms with Crippen molar-refractivity contribution in [1.82, 2.24) is 15.5 Å². The molecular formula is C13H25N3O. The number of nitrogens with one attached hydrogen (secondary N) is 2. The van der Waals surface area contributed by atoms with Gasteiger partial charge in [0, 0.05) is 19.1 Å². The van der Waals surface area contributed by atoms with Gasteiger partial charge in [-0.1, -0.05) is 6.42 Å². The Morgan fingerprint density at radius 2 is 2.06 bits per heavy atom. The van der Waals surface area contributed by atoms with Crippen molar-refractivity contribution in [3.63, 3.8) is 0 Å². The Labute approximate surface area is 104 Å². The predicted molar refractivity (Wildman–Crippen MR) is 68.9 cm³/mol. The smallest absolute Gasteiger partial charge is 0.233 e. The van der Waals surface area contributed by atoms with Crippen molar-refractivity contribution < 1.29 is 4.79 Å². The fourth-order valence-corrected chi connectivity index (χ4v) is 2.40. The monoisotopic (exact) mass is 239 g/mol. The van der Waals surface area contributed by atoms with Gasteiger partial charge in [0.2, 0.25) is 5.91 Å². The predicted octanol–water partition coefficient (Wildman–Crippen LogP) is 0.587. The van der Waals surface area contributed by atoms with Gasteiger partial charge in [-0.05, 0) is 45.2 Å². The number of hydrogen-bond acceptors (Lipinski definition) is 3. The first kappa shape index (κ1) is 12.8. The molecule has 2 N–H and O–H groups in total. The van der Waals surface area contributed by atoms with E-state index in [0.29, 0.717) is 12.6 Å². The Morgan fingerprint density at radius 1 is 1.24 bits per heavy atom. The van der Waals surface area contributed by atoms with E-state index in [1.807, 2.05) is 0 Å². The number of nitrogens with zero attached hydrogens (tertiary/aromatic N) is 1. The Bertz CT molecular complexity index is 253. The van der Waals surface area contributed by atoms with Gasteiger partial charge in [-0.25, -0.2) is 0 Å². The molecule has 1 aliphatic carbocycles. The van der Waals surface area contributed by atoms with Crippen LogP contribution in [0.1, 0.15) is 32.1 Å². The minimum atomic E-state index is 0.148. The zero-order valence-electron chi connectivity index (χ0n) is 10.9. The number of rotatable bonds is 6. The molecule has 1 amide bonds. The van der Waals surface area contributed by atoms with E-state index in [2.05, 4.69) is 22.6 Å². The van der Waals surface area contributed by atoms with Gasteiger partial charge >= 0.3 is 0 Å². The Kier molecular flexibility index (Phi) is 4.80. The van der Waals surface area contributed by atoms with Gasteiger partial charge in [0.25, 0.3) is 0 Å². The van der Waals surface area contributed by atoms with Crippen molar-refractivity contribution in [1.29, 1.82) is 0 Å². The summed E-state index contributed by atoms with van der Waals surface area (Å²) in [5.74, 6) is 0.916. The van der Waals surface area contributed by atoms with Crippen LogP contribution in [-0.4, -0.2) is 50.1 Å². The second-order valence-corrected chi connectivity index (χ2v) is 5.51. The molecule has 1 unspecified atom stereocenters. The van der Waals surface area contributed by atoms with Crippen molar-refractivity contribution >= 4 is 5.91 Å². The summed E-state index contributed by atoms with van der Waals surface area (Å²) in [4.78, 5) is 13.9. The number of carbonyl (C=O) groups excluding carboxylic acids is 1. The van der Waals surface area contributed by atoms with E-state index < -0.39 is 0 Å². The second-order valence-electron chi connectivity index (χ2n) is 5.51. The molecule has 4 nitrogen and oxygen atoms in total. The van der Waals surface area contributed by atoms with Crippen LogP contribution in [0.5, 0.6) is 0 Å². The molecule has 0 aromatic carbocycles. The van der Waals surface area contributed by atoms with Gasteiger partial charge in [-0.3, -0.25) is 4.79 Å². The maximum Gasteiger partial charge on any atom is 0.233 e. The van der Waals surface area contributed by atoms with Crippen molar-refractivity contribution in [2.24, 2.45) is 5.92 Å². The van der Waals surface area contributed by atoms with Gasteiger partial charge < -0.3 is 15.5 Å². The standard InChI is InChI=1S/C13H25N3O/c1-16-7-3-2-4-12(16)9-14-10-13(17)15-8-11-5-6-11/h11-12,14H,2-10H2,1H3,(H,15,17). The van der Waals surface area contributed by atoms with Crippen LogP contribution in [0.3, 0.4) is 0 Å². The van der Waals surface area contributed by atoms with Gasteiger partial charge in [-0.15, -0.1) is 0 Å². The first-order valence-electron chi connectivity index (χ1n) is 6.93. The largest absolute Gasteiger partial charge is 0.355 e. The summed E-state index contributed by atoms with van der Waals surface area (Å²) in [6, 6.07) is 0.611. The van der Waals surface area contributed by atoms with E-state index in [4.69, 9.17) is 0 Å². The van der Waals surface area contributed by atoms with Crippen LogP contribution >= 0.6 is 0 Å². The minimum absolute atomic E-state index is 0.148. The van der Waals surface area contributed by atoms with Crippen molar-refractivity contribution in [2.75, 3.05) is 33.2 Å². The maximum absolute atomic E-state index is 11.5. The highest BCUT2D eigenvalue weighted by Crippen LogP contribution is 2.27. The molecule has 98 valence electrons. The van der Waals surface area contributed by atoms with E-state index in [-0.39, 0.29) is 5.91 Å². The van der Waals surface area contributed by atoms with Gasteiger partial charge in [0.15, 0.2) is 0 Å². The van der Waals surface area contributed by atoms with Crippen LogP contribution in [0.2, 0.25) is 0 Å². The first-order chi connectivity index (χ1) is 8.25. The van der Waals surface area contributed by atoms with Crippen LogP contribution in [0, 0.1) is 5.92 Å². The average molecular weight is 239 g/mol. The van der Waals surface area contributed by atoms with Gasteiger partial charge in [0.05, 0.1) is 6.54 Å². The van der Waals surface area contributed by atoms with Crippen molar-refractivity contribution in [3.05, 3.63) is 0 Å². The second kappa shape index (κ2) is 6.36. The van der Waals surface area contributed by atoms with Gasteiger partial charge in [-0.2, -0.15) is 0 Å². The Morgan fingerprint density at radius 3 is 2.76 bits per heavy atom. The summed E-state index contributed by atoms with van der Waals surface area (Å²) in [5.41, 5.74) is 0. The molecule has 0 spiro atoms. The molecule has 2 rings (SSSR count). The third-order valence-corrected chi connectivity index (χ3v) is 3.87. The lowest BCUT2D eigenvalue weighted by atomic mass is 10.0. The van der Waals surface area contributed by atoms with Crippen molar-refractivity contribution in [3.8, 4) is 0 Å². The number of likely N-dealkylation sites (N-methyl/N-ethyl adjacent to an activating group) is 1. The highest BCUT2D eigenvalue weighted by atomic mass is 16.1. The molecule has 17 heavy (non-hydrogen) atoms. The third kappa shape index (κ3) is 4.64. The summed E-state index contributed by atoms with van der Waals surface area (Å²) in [5, 5.41) is 6.25. The van der Waals surface area contributed by atoms with Gasteiger partial charge in [0.1, 0.15) is 0 Å². The molecule has 1 saturated carbocycles. The lowest BCUT2D eigenvalue weighted by molar-refractivity contribution is -0.120. The molecule has 2 fully saturated rings. The van der Waals surface area contributed by atoms with Crippen LogP contribution in [0.15, 0.2) is 0 Å². The lowest BCUT2D eigenvalue weighted by Gasteiger charge is -2.32. The molecule has 4 heteroatoms. The van der Waals surface area contributed by atoms with Crippen LogP contribution in [0.25, 0.3) is 0 Å². The molecule has 0 aromatic rings. The molecule has 1 saturated heterocycles. The van der Waals surface area contributed by atoms with Crippen LogP contribution < -0.4 is 10.6 Å². The normalized spacial score (nSPS) is 25.8. The molecule has 1 atom stereocenters. The topological polar surface area (TPSA) is 44.4 Å². The molecule has 0 radical (unpaired) electrons. The zero-order valence-corrected chi connectivity index (χ0v) is 10.9. The Hall–Kier alpha value is -0.610. The molecule has 0 bridgehead atoms. The molecular weight excluding hydrogens is 214 g/mol. The zero-order chi connectivity index (χ0) is 12.1. The lowest BCUT2D eigenvalue weighted by Crippen LogP contribution is -2.45. The number of carbonyl (C=O) groups is 1. The summed E-state index contributed by atoms with van der Waals surface area (Å²) in [6.07, 6.45) is 6.48. The summed E-state index contributed by atoms with van der Waals surface area (Å²) < 4.78 is 0. The Balaban J connectivity index is 1.53. The van der Waals surface area contributed by atoms with Crippen LogP contribution in [-0.2, 0) is 4.79 Å². The maximum atomic E-state index is 11.5. The van der Waals surface area contributed by atoms with Crippen molar-refractivity contribution in [2.45, 2.75) is 38.1 Å².